The molecule has 0 unspecified atom stereocenters. The highest BCUT2D eigenvalue weighted by Gasteiger charge is 2.36. The van der Waals surface area contributed by atoms with Gasteiger partial charge in [-0.1, -0.05) is 176 Å². The van der Waals surface area contributed by atoms with Gasteiger partial charge in [0.05, 0.1) is 52.2 Å². The summed E-state index contributed by atoms with van der Waals surface area (Å²) < 4.78 is 33.2. The molecule has 0 atom stereocenters. The summed E-state index contributed by atoms with van der Waals surface area (Å²) in [5.41, 5.74) is 13.1. The molecule has 0 saturated carbocycles. The van der Waals surface area contributed by atoms with E-state index in [9.17, 15) is 0 Å². The normalized spacial score (nSPS) is 11.1. The highest BCUT2D eigenvalue weighted by atomic mass is 16.5. The Morgan fingerprint density at radius 1 is 0.232 bits per heavy atom. The number of rotatable bonds is 25. The van der Waals surface area contributed by atoms with Crippen molar-refractivity contribution in [3.63, 3.8) is 0 Å². The van der Waals surface area contributed by atoms with Gasteiger partial charge in [-0.05, 0) is 226 Å². The van der Waals surface area contributed by atoms with Gasteiger partial charge in [0.2, 0.25) is 0 Å². The van der Waals surface area contributed by atoms with Crippen molar-refractivity contribution in [1.29, 1.82) is 0 Å². The lowest BCUT2D eigenvalue weighted by Crippen LogP contribution is -2.45. The summed E-state index contributed by atoms with van der Waals surface area (Å²) in [5, 5.41) is 0. The Hall–Kier alpha value is -12.6. The van der Waals surface area contributed by atoms with Gasteiger partial charge in [0.15, 0.2) is 0 Å². The molecule has 0 aliphatic rings. The summed E-state index contributed by atoms with van der Waals surface area (Å²) in [7, 11) is 1.65. The van der Waals surface area contributed by atoms with Crippen LogP contribution in [0.2, 0.25) is 0 Å². The van der Waals surface area contributed by atoms with Gasteiger partial charge in [-0.2, -0.15) is 0 Å². The topological polar surface area (TPSA) is 95.6 Å². The zero-order valence-electron chi connectivity index (χ0n) is 52.4. The number of aliphatic imine (C=N–C) groups is 4. The fourth-order valence-corrected chi connectivity index (χ4v) is 10.3. The third kappa shape index (κ3) is 17.5. The van der Waals surface area contributed by atoms with Crippen LogP contribution in [-0.2, 0) is 0 Å². The first-order valence-corrected chi connectivity index (χ1v) is 31.3. The van der Waals surface area contributed by atoms with Crippen molar-refractivity contribution in [3.05, 3.63) is 378 Å². The zero-order chi connectivity index (χ0) is 64.5. The maximum absolute atomic E-state index is 6.95. The molecule has 0 aliphatic carbocycles. The minimum Gasteiger partial charge on any atom is -0.497 e. The molecule has 0 radical (unpaired) electrons. The van der Waals surface area contributed by atoms with E-state index in [4.69, 9.17) is 43.7 Å². The SMILES string of the molecule is COc1ccc(N=C=C(c2ccccc2)c2ccc(OCC(COc3ccc(C(=C=Nc4ccccc4)c4ccccc4)cc3)(COc3ccc(C(=C=Nc4ccccc4)c4ccccc4)cc3)COc3ccc(C(=C=Nc4ccccc4)c4ccccc4)cc3)cc2)cc1. The quantitative estimate of drug-likeness (QED) is 0.0531. The van der Waals surface area contributed by atoms with Gasteiger partial charge in [-0.15, -0.1) is 0 Å². The van der Waals surface area contributed by atoms with E-state index < -0.39 is 5.41 Å². The number of methoxy groups -OCH3 is 1. The van der Waals surface area contributed by atoms with Crippen LogP contribution in [0, 0.1) is 5.41 Å². The third-order valence-electron chi connectivity index (χ3n) is 15.5. The fraction of sp³-hybridized carbons (Fsp3) is 0.0698. The second-order valence-corrected chi connectivity index (χ2v) is 22.3. The van der Waals surface area contributed by atoms with Crippen LogP contribution in [0.25, 0.3) is 22.3 Å². The number of nitrogens with zero attached hydrogens (tertiary/aromatic N) is 4. The Bertz CT molecular complexity index is 4340. The molecule has 0 bridgehead atoms. The van der Waals surface area contributed by atoms with Gasteiger partial charge in [0.1, 0.15) is 60.6 Å². The Morgan fingerprint density at radius 2 is 0.421 bits per heavy atom. The van der Waals surface area contributed by atoms with Crippen LogP contribution in [0.1, 0.15) is 44.5 Å². The molecule has 0 amide bonds. The lowest BCUT2D eigenvalue weighted by atomic mass is 9.91. The van der Waals surface area contributed by atoms with E-state index in [1.807, 2.05) is 285 Å². The van der Waals surface area contributed by atoms with E-state index >= 15 is 0 Å². The molecule has 12 aromatic rings. The number of benzene rings is 12. The molecule has 12 aromatic carbocycles. The summed E-state index contributed by atoms with van der Waals surface area (Å²) in [5.74, 6) is 16.7. The van der Waals surface area contributed by atoms with Crippen LogP contribution in [0.15, 0.2) is 354 Å². The van der Waals surface area contributed by atoms with Crippen LogP contribution in [-0.4, -0.2) is 57.0 Å². The molecular weight excluding hydrogens is 1170 g/mol. The van der Waals surface area contributed by atoms with Crippen LogP contribution in [0.3, 0.4) is 0 Å². The predicted octanol–water partition coefficient (Wildman–Crippen LogP) is 20.0. The molecule has 460 valence electrons. The smallest absolute Gasteiger partial charge is 0.119 e. The Morgan fingerprint density at radius 3 is 0.642 bits per heavy atom. The van der Waals surface area contributed by atoms with Gasteiger partial charge in [0.25, 0.3) is 0 Å². The van der Waals surface area contributed by atoms with Gasteiger partial charge in [-0.3, -0.25) is 0 Å². The number of ether oxygens (including phenoxy) is 5. The van der Waals surface area contributed by atoms with Crippen molar-refractivity contribution in [2.24, 2.45) is 25.4 Å². The molecule has 0 N–H and O–H groups in total. The Kier molecular flexibility index (Phi) is 21.1. The average Bonchev–Trinajstić information content (AvgIpc) is 1.76. The predicted molar refractivity (Wildman–Crippen MR) is 387 cm³/mol. The summed E-state index contributed by atoms with van der Waals surface area (Å²) in [6, 6.07) is 110. The molecule has 0 heterocycles. The second kappa shape index (κ2) is 31.9. The molecule has 0 saturated heterocycles. The van der Waals surface area contributed by atoms with Crippen LogP contribution < -0.4 is 23.7 Å². The standard InChI is InChI=1S/C86H66N4O5/c1-91-77-55-45-76(46-56-77)90-60-85(68-29-15-5-16-30-68)72-43-53-81(54-44-72)95-64-86(61-92-78-47-37-69(38-48-78)82(65-23-9-2-10-24-65)57-87-73-31-17-6-18-32-73,62-93-79-49-39-70(40-50-79)83(66-25-11-3-12-26-66)58-88-74-33-19-7-20-34-74)63-94-80-51-41-71(42-52-80)84(67-27-13-4-14-28-67)59-89-75-35-21-8-22-36-75/h2-56H,61-64H2,1H3. The third-order valence-corrected chi connectivity index (χ3v) is 15.5. The van der Waals surface area contributed by atoms with E-state index in [-0.39, 0.29) is 26.4 Å². The monoisotopic (exact) mass is 1230 g/mol. The van der Waals surface area contributed by atoms with Gasteiger partial charge < -0.3 is 23.7 Å². The lowest BCUT2D eigenvalue weighted by Gasteiger charge is -2.33. The molecule has 9 nitrogen and oxygen atoms in total. The number of para-hydroxylation sites is 3. The fourth-order valence-electron chi connectivity index (χ4n) is 10.3. The highest BCUT2D eigenvalue weighted by Crippen LogP contribution is 2.33. The van der Waals surface area contributed by atoms with E-state index in [0.29, 0.717) is 23.0 Å². The van der Waals surface area contributed by atoms with Crippen molar-refractivity contribution < 1.29 is 23.7 Å². The second-order valence-electron chi connectivity index (χ2n) is 22.3. The van der Waals surface area contributed by atoms with E-state index in [1.165, 1.54) is 0 Å². The summed E-state index contributed by atoms with van der Waals surface area (Å²) >= 11 is 0. The molecule has 0 aliphatic heterocycles. The van der Waals surface area contributed by atoms with Gasteiger partial charge in [0, 0.05) is 0 Å². The van der Waals surface area contributed by atoms with Crippen molar-refractivity contribution in [3.8, 4) is 28.7 Å². The minimum absolute atomic E-state index is 0.117. The highest BCUT2D eigenvalue weighted by molar-refractivity contribution is 6.02. The maximum Gasteiger partial charge on any atom is 0.119 e. The van der Waals surface area contributed by atoms with Gasteiger partial charge >= 0.3 is 0 Å². The molecule has 9 heteroatoms. The molecule has 0 aromatic heterocycles. The van der Waals surface area contributed by atoms with E-state index in [1.54, 1.807) is 7.11 Å². The largest absolute Gasteiger partial charge is 0.497 e. The Balaban J connectivity index is 0.897. The lowest BCUT2D eigenvalue weighted by molar-refractivity contribution is -0.00352. The van der Waals surface area contributed by atoms with Crippen LogP contribution >= 0.6 is 0 Å². The summed E-state index contributed by atoms with van der Waals surface area (Å²) in [6.45, 7) is 0.473. The molecule has 95 heavy (non-hydrogen) atoms. The van der Waals surface area contributed by atoms with Crippen molar-refractivity contribution in [1.82, 2.24) is 0 Å². The first-order chi connectivity index (χ1) is 47.0. The average molecular weight is 1240 g/mol. The molecule has 0 spiro atoms. The van der Waals surface area contributed by atoms with Crippen LogP contribution in [0.4, 0.5) is 22.7 Å². The number of hydrogen-bond donors (Lipinski definition) is 0. The first kappa shape index (κ1) is 62.6. The van der Waals surface area contributed by atoms with E-state index in [2.05, 4.69) is 72.0 Å². The first-order valence-electron chi connectivity index (χ1n) is 31.3. The van der Waals surface area contributed by atoms with Crippen LogP contribution in [0.5, 0.6) is 28.7 Å². The minimum atomic E-state index is -0.971. The van der Waals surface area contributed by atoms with Crippen molar-refractivity contribution in [2.45, 2.75) is 0 Å². The molecule has 0 fully saturated rings. The van der Waals surface area contributed by atoms with Crippen molar-refractivity contribution >= 4 is 68.5 Å². The maximum atomic E-state index is 6.95. The molecular formula is C86H66N4O5. The summed E-state index contributed by atoms with van der Waals surface area (Å²) in [6.07, 6.45) is 0. The van der Waals surface area contributed by atoms with Gasteiger partial charge in [-0.25, -0.2) is 20.0 Å². The molecule has 12 rings (SSSR count). The summed E-state index contributed by atoms with van der Waals surface area (Å²) in [4.78, 5) is 19.0. The van der Waals surface area contributed by atoms with Crippen molar-refractivity contribution in [2.75, 3.05) is 33.5 Å². The Labute approximate surface area is 555 Å². The number of hydrogen-bond acceptors (Lipinski definition) is 9. The van der Waals surface area contributed by atoms with E-state index in [0.717, 1.165) is 95.3 Å². The zero-order valence-corrected chi connectivity index (χ0v) is 52.4.